The number of nitrogens with zero attached hydrogens (tertiary/aromatic N) is 4. The van der Waals surface area contributed by atoms with E-state index in [1.165, 1.54) is 0 Å². The summed E-state index contributed by atoms with van der Waals surface area (Å²) >= 11 is 0. The maximum absolute atomic E-state index is 12.6. The number of hydrogen-bond donors (Lipinski definition) is 1. The second-order valence-corrected chi connectivity index (χ2v) is 7.52. The second kappa shape index (κ2) is 7.61. The Labute approximate surface area is 163 Å². The molecule has 2 amide bonds. The lowest BCUT2D eigenvalue weighted by molar-refractivity contribution is 0.0742. The molecule has 0 atom stereocenters. The highest BCUT2D eigenvalue weighted by molar-refractivity contribution is 5.98. The highest BCUT2D eigenvalue weighted by Crippen LogP contribution is 2.25. The van der Waals surface area contributed by atoms with Crippen molar-refractivity contribution in [2.45, 2.75) is 51.3 Å². The van der Waals surface area contributed by atoms with Crippen molar-refractivity contribution < 1.29 is 14.3 Å². The highest BCUT2D eigenvalue weighted by Gasteiger charge is 2.28. The van der Waals surface area contributed by atoms with Crippen molar-refractivity contribution in [3.8, 4) is 5.75 Å². The molecule has 1 aliphatic carbocycles. The Morgan fingerprint density at radius 1 is 1.25 bits per heavy atom. The minimum absolute atomic E-state index is 0.0962. The molecule has 1 saturated carbocycles. The SMILES string of the molecule is Cc1ncccc1OC1CCC(NC(=O)c2cc3n(n2)CCN(C)C3=O)CC1. The van der Waals surface area contributed by atoms with Gasteiger partial charge in [-0.3, -0.25) is 19.3 Å². The fourth-order valence-electron chi connectivity index (χ4n) is 3.77. The zero-order valence-electron chi connectivity index (χ0n) is 16.2. The van der Waals surface area contributed by atoms with Crippen molar-refractivity contribution >= 4 is 11.8 Å². The number of rotatable bonds is 4. The van der Waals surface area contributed by atoms with Crippen molar-refractivity contribution in [3.05, 3.63) is 41.5 Å². The minimum Gasteiger partial charge on any atom is -0.489 e. The molecule has 1 fully saturated rings. The standard InChI is InChI=1S/C20H25N5O3/c1-13-18(4-3-9-21-13)28-15-7-5-14(6-8-15)22-19(26)16-12-17-20(27)24(2)10-11-25(17)23-16/h3-4,9,12,14-15H,5-8,10-11H2,1-2H3,(H,22,26). The number of carbonyl (C=O) groups is 2. The maximum Gasteiger partial charge on any atom is 0.272 e. The largest absolute Gasteiger partial charge is 0.489 e. The number of nitrogens with one attached hydrogen (secondary N) is 1. The van der Waals surface area contributed by atoms with Crippen LogP contribution >= 0.6 is 0 Å². The molecule has 2 aromatic rings. The van der Waals surface area contributed by atoms with Crippen molar-refractivity contribution in [1.82, 2.24) is 25.0 Å². The zero-order chi connectivity index (χ0) is 19.7. The summed E-state index contributed by atoms with van der Waals surface area (Å²) in [6.45, 7) is 3.16. The van der Waals surface area contributed by atoms with Gasteiger partial charge in [-0.05, 0) is 44.7 Å². The van der Waals surface area contributed by atoms with Gasteiger partial charge in [0.1, 0.15) is 11.4 Å². The van der Waals surface area contributed by atoms with Crippen LogP contribution in [0.1, 0.15) is 52.4 Å². The number of pyridine rings is 1. The quantitative estimate of drug-likeness (QED) is 0.869. The van der Waals surface area contributed by atoms with Crippen LogP contribution in [0.4, 0.5) is 0 Å². The molecule has 4 rings (SSSR count). The molecule has 2 aromatic heterocycles. The van der Waals surface area contributed by atoms with Gasteiger partial charge in [-0.1, -0.05) is 0 Å². The van der Waals surface area contributed by atoms with Crippen LogP contribution < -0.4 is 10.1 Å². The first kappa shape index (κ1) is 18.5. The number of ether oxygens (including phenoxy) is 1. The van der Waals surface area contributed by atoms with Crippen LogP contribution in [0.3, 0.4) is 0 Å². The van der Waals surface area contributed by atoms with E-state index in [1.807, 2.05) is 19.1 Å². The molecule has 0 saturated heterocycles. The van der Waals surface area contributed by atoms with E-state index in [-0.39, 0.29) is 24.0 Å². The molecule has 1 N–H and O–H groups in total. The van der Waals surface area contributed by atoms with Gasteiger partial charge in [0.05, 0.1) is 18.3 Å². The van der Waals surface area contributed by atoms with Crippen molar-refractivity contribution in [3.63, 3.8) is 0 Å². The van der Waals surface area contributed by atoms with E-state index < -0.39 is 0 Å². The smallest absolute Gasteiger partial charge is 0.272 e. The fraction of sp³-hybridized carbons (Fsp3) is 0.500. The molecular formula is C20H25N5O3. The molecule has 0 unspecified atom stereocenters. The zero-order valence-corrected chi connectivity index (χ0v) is 16.2. The van der Waals surface area contributed by atoms with Crippen LogP contribution in [0.15, 0.2) is 24.4 Å². The Kier molecular flexibility index (Phi) is 5.02. The molecule has 8 nitrogen and oxygen atoms in total. The molecule has 0 bridgehead atoms. The summed E-state index contributed by atoms with van der Waals surface area (Å²) in [5.74, 6) is 0.513. The maximum atomic E-state index is 12.6. The summed E-state index contributed by atoms with van der Waals surface area (Å²) in [6.07, 6.45) is 5.36. The van der Waals surface area contributed by atoms with E-state index in [9.17, 15) is 9.59 Å². The number of carbonyl (C=O) groups excluding carboxylic acids is 2. The lowest BCUT2D eigenvalue weighted by atomic mass is 9.93. The van der Waals surface area contributed by atoms with Gasteiger partial charge in [-0.25, -0.2) is 0 Å². The van der Waals surface area contributed by atoms with Crippen LogP contribution in [0.5, 0.6) is 5.75 Å². The number of fused-ring (bicyclic) bond motifs is 1. The van der Waals surface area contributed by atoms with Crippen LogP contribution in [0, 0.1) is 6.92 Å². The number of aryl methyl sites for hydroxylation is 1. The van der Waals surface area contributed by atoms with Crippen molar-refractivity contribution in [1.29, 1.82) is 0 Å². The summed E-state index contributed by atoms with van der Waals surface area (Å²) in [6, 6.07) is 5.50. The Balaban J connectivity index is 1.32. The third-order valence-corrected chi connectivity index (χ3v) is 5.49. The third kappa shape index (κ3) is 3.72. The van der Waals surface area contributed by atoms with E-state index in [2.05, 4.69) is 15.4 Å². The molecule has 2 aliphatic rings. The summed E-state index contributed by atoms with van der Waals surface area (Å²) < 4.78 is 7.69. The minimum atomic E-state index is -0.218. The van der Waals surface area contributed by atoms with Crippen molar-refractivity contribution in [2.75, 3.05) is 13.6 Å². The first-order valence-corrected chi connectivity index (χ1v) is 9.73. The number of hydrogen-bond acceptors (Lipinski definition) is 5. The fourth-order valence-corrected chi connectivity index (χ4v) is 3.77. The van der Waals surface area contributed by atoms with Crippen LogP contribution in [0.2, 0.25) is 0 Å². The van der Waals surface area contributed by atoms with Crippen LogP contribution in [-0.4, -0.2) is 57.2 Å². The molecule has 28 heavy (non-hydrogen) atoms. The Bertz CT molecular complexity index is 886. The predicted octanol–water partition coefficient (Wildman–Crippen LogP) is 1.79. The lowest BCUT2D eigenvalue weighted by Gasteiger charge is -2.29. The van der Waals surface area contributed by atoms with E-state index in [4.69, 9.17) is 4.74 Å². The molecule has 148 valence electrons. The molecule has 8 heteroatoms. The highest BCUT2D eigenvalue weighted by atomic mass is 16.5. The van der Waals surface area contributed by atoms with Gasteiger partial charge >= 0.3 is 0 Å². The number of aromatic nitrogens is 3. The first-order chi connectivity index (χ1) is 13.5. The summed E-state index contributed by atoms with van der Waals surface area (Å²) in [5, 5.41) is 7.37. The van der Waals surface area contributed by atoms with E-state index in [0.29, 0.717) is 24.5 Å². The van der Waals surface area contributed by atoms with Gasteiger partial charge in [0, 0.05) is 31.9 Å². The van der Waals surface area contributed by atoms with Gasteiger partial charge in [0.25, 0.3) is 11.8 Å². The summed E-state index contributed by atoms with van der Waals surface area (Å²) in [5.41, 5.74) is 1.67. The van der Waals surface area contributed by atoms with Gasteiger partial charge in [-0.15, -0.1) is 0 Å². The van der Waals surface area contributed by atoms with E-state index in [1.54, 1.807) is 28.9 Å². The van der Waals surface area contributed by atoms with Crippen molar-refractivity contribution in [2.24, 2.45) is 0 Å². The molecule has 0 radical (unpaired) electrons. The number of amides is 2. The van der Waals surface area contributed by atoms with E-state index in [0.717, 1.165) is 37.1 Å². The van der Waals surface area contributed by atoms with Crippen LogP contribution in [-0.2, 0) is 6.54 Å². The normalized spacial score (nSPS) is 21.9. The van der Waals surface area contributed by atoms with Gasteiger partial charge in [0.2, 0.25) is 0 Å². The number of likely N-dealkylation sites (N-methyl/N-ethyl adjacent to an activating group) is 1. The van der Waals surface area contributed by atoms with E-state index >= 15 is 0 Å². The Morgan fingerprint density at radius 2 is 2.04 bits per heavy atom. The first-order valence-electron chi connectivity index (χ1n) is 9.73. The Morgan fingerprint density at radius 3 is 2.79 bits per heavy atom. The molecule has 1 aliphatic heterocycles. The second-order valence-electron chi connectivity index (χ2n) is 7.52. The lowest BCUT2D eigenvalue weighted by Crippen LogP contribution is -2.40. The van der Waals surface area contributed by atoms with Gasteiger partial charge in [-0.2, -0.15) is 5.10 Å². The predicted molar refractivity (Wildman–Crippen MR) is 102 cm³/mol. The average Bonchev–Trinajstić information content (AvgIpc) is 3.13. The molecule has 0 aromatic carbocycles. The molecule has 3 heterocycles. The van der Waals surface area contributed by atoms with Gasteiger partial charge in [0.15, 0.2) is 5.69 Å². The van der Waals surface area contributed by atoms with Gasteiger partial charge < -0.3 is 15.0 Å². The summed E-state index contributed by atoms with van der Waals surface area (Å²) in [7, 11) is 1.76. The third-order valence-electron chi connectivity index (χ3n) is 5.49. The topological polar surface area (TPSA) is 89.3 Å². The monoisotopic (exact) mass is 383 g/mol. The Hall–Kier alpha value is -2.90. The molecular weight excluding hydrogens is 358 g/mol. The molecule has 0 spiro atoms. The summed E-state index contributed by atoms with van der Waals surface area (Å²) in [4.78, 5) is 30.6. The van der Waals surface area contributed by atoms with Crippen LogP contribution in [0.25, 0.3) is 0 Å². The average molecular weight is 383 g/mol.